The fraction of sp³-hybridized carbons (Fsp3) is 0.737. The summed E-state index contributed by atoms with van der Waals surface area (Å²) in [5, 5.41) is 13.4. The molecule has 2 unspecified atom stereocenters. The van der Waals surface area contributed by atoms with E-state index >= 15 is 0 Å². The van der Waals surface area contributed by atoms with Gasteiger partial charge in [0.2, 0.25) is 0 Å². The van der Waals surface area contributed by atoms with Gasteiger partial charge in [0.1, 0.15) is 11.5 Å². The van der Waals surface area contributed by atoms with Crippen molar-refractivity contribution in [2.45, 2.75) is 77.5 Å². The van der Waals surface area contributed by atoms with Crippen LogP contribution in [0.15, 0.2) is 4.42 Å². The monoisotopic (exact) mass is 334 g/mol. The molecule has 2 aliphatic rings. The molecular weight excluding hydrogens is 304 g/mol. The number of carbonyl (C=O) groups is 1. The van der Waals surface area contributed by atoms with Crippen LogP contribution in [0.5, 0.6) is 0 Å². The van der Waals surface area contributed by atoms with Crippen molar-refractivity contribution < 1.29 is 14.3 Å². The van der Waals surface area contributed by atoms with Crippen molar-refractivity contribution in [2.75, 3.05) is 13.1 Å². The van der Waals surface area contributed by atoms with E-state index in [1.807, 2.05) is 20.8 Å². The molecule has 2 atom stereocenters. The van der Waals surface area contributed by atoms with Gasteiger partial charge in [0.15, 0.2) is 0 Å². The average molecular weight is 334 g/mol. The van der Waals surface area contributed by atoms with Gasteiger partial charge in [-0.3, -0.25) is 9.69 Å². The first-order valence-electron chi connectivity index (χ1n) is 9.27. The van der Waals surface area contributed by atoms with E-state index in [9.17, 15) is 9.90 Å². The van der Waals surface area contributed by atoms with Gasteiger partial charge in [-0.2, -0.15) is 0 Å². The lowest BCUT2D eigenvalue weighted by molar-refractivity contribution is 0.00727. The van der Waals surface area contributed by atoms with E-state index in [-0.39, 0.29) is 18.1 Å². The number of hydrogen-bond donors (Lipinski definition) is 2. The highest BCUT2D eigenvalue weighted by Gasteiger charge is 2.32. The van der Waals surface area contributed by atoms with Crippen LogP contribution in [0.3, 0.4) is 0 Å². The average Bonchev–Trinajstić information content (AvgIpc) is 2.81. The van der Waals surface area contributed by atoms with Crippen molar-refractivity contribution in [3.63, 3.8) is 0 Å². The van der Waals surface area contributed by atoms with Crippen LogP contribution >= 0.6 is 0 Å². The molecule has 134 valence electrons. The first-order valence-corrected chi connectivity index (χ1v) is 9.27. The van der Waals surface area contributed by atoms with Crippen LogP contribution in [0.4, 0.5) is 0 Å². The zero-order valence-corrected chi connectivity index (χ0v) is 15.1. The fourth-order valence-corrected chi connectivity index (χ4v) is 4.28. The van der Waals surface area contributed by atoms with Crippen LogP contribution in [0.1, 0.15) is 66.0 Å². The number of carbonyl (C=O) groups excluding carboxylic acids is 1. The van der Waals surface area contributed by atoms with Gasteiger partial charge < -0.3 is 14.8 Å². The van der Waals surface area contributed by atoms with Crippen molar-refractivity contribution in [2.24, 2.45) is 0 Å². The molecule has 1 aliphatic carbocycles. The molecule has 2 fully saturated rings. The van der Waals surface area contributed by atoms with Crippen molar-refractivity contribution >= 4 is 5.91 Å². The van der Waals surface area contributed by atoms with Crippen LogP contribution < -0.4 is 5.32 Å². The third-order valence-corrected chi connectivity index (χ3v) is 5.82. The molecule has 2 heterocycles. The number of furan rings is 1. The number of rotatable bonds is 3. The Balaban J connectivity index is 1.54. The third-order valence-electron chi connectivity index (χ3n) is 5.82. The number of aliphatic hydroxyl groups excluding tert-OH is 1. The second-order valence-electron chi connectivity index (χ2n) is 7.42. The Morgan fingerprint density at radius 1 is 1.08 bits per heavy atom. The Morgan fingerprint density at radius 2 is 1.75 bits per heavy atom. The molecule has 1 aromatic rings. The molecule has 5 heteroatoms. The lowest BCUT2D eigenvalue weighted by Gasteiger charge is -2.41. The molecule has 1 saturated carbocycles. The fourth-order valence-electron chi connectivity index (χ4n) is 4.28. The zero-order valence-electron chi connectivity index (χ0n) is 15.1. The molecule has 1 aliphatic heterocycles. The van der Waals surface area contributed by atoms with Gasteiger partial charge in [-0.25, -0.2) is 0 Å². The summed E-state index contributed by atoms with van der Waals surface area (Å²) in [4.78, 5) is 15.0. The standard InChI is InChI=1S/C19H30N2O3/c1-12-13(2)24-14(3)18(12)19(23)20-15-8-10-21(11-9-15)16-6-4-5-7-17(16)22/h15-17,22H,4-11H2,1-3H3,(H,20,23). The Morgan fingerprint density at radius 3 is 2.33 bits per heavy atom. The third kappa shape index (κ3) is 3.52. The lowest BCUT2D eigenvalue weighted by Crippen LogP contribution is -2.52. The van der Waals surface area contributed by atoms with Gasteiger partial charge in [0.05, 0.1) is 11.7 Å². The van der Waals surface area contributed by atoms with Gasteiger partial charge in [-0.15, -0.1) is 0 Å². The Bertz CT molecular complexity index is 588. The van der Waals surface area contributed by atoms with Crippen LogP contribution in [0, 0.1) is 20.8 Å². The molecule has 0 radical (unpaired) electrons. The Labute approximate surface area is 144 Å². The quantitative estimate of drug-likeness (QED) is 0.892. The minimum Gasteiger partial charge on any atom is -0.466 e. The number of hydrogen-bond acceptors (Lipinski definition) is 4. The van der Waals surface area contributed by atoms with E-state index in [1.165, 1.54) is 6.42 Å². The summed E-state index contributed by atoms with van der Waals surface area (Å²) >= 11 is 0. The van der Waals surface area contributed by atoms with E-state index in [0.29, 0.717) is 17.4 Å². The summed E-state index contributed by atoms with van der Waals surface area (Å²) in [7, 11) is 0. The van der Waals surface area contributed by atoms with Crippen molar-refractivity contribution in [3.8, 4) is 0 Å². The van der Waals surface area contributed by atoms with Gasteiger partial charge in [0.25, 0.3) is 5.91 Å². The van der Waals surface area contributed by atoms with Crippen molar-refractivity contribution in [1.82, 2.24) is 10.2 Å². The molecule has 1 aromatic heterocycles. The second kappa shape index (κ2) is 7.28. The molecule has 1 saturated heterocycles. The summed E-state index contributed by atoms with van der Waals surface area (Å²) in [5.74, 6) is 1.50. The minimum atomic E-state index is -0.177. The first-order chi connectivity index (χ1) is 11.5. The van der Waals surface area contributed by atoms with Gasteiger partial charge >= 0.3 is 0 Å². The smallest absolute Gasteiger partial charge is 0.255 e. The predicted molar refractivity (Wildman–Crippen MR) is 93.2 cm³/mol. The molecule has 5 nitrogen and oxygen atoms in total. The predicted octanol–water partition coefficient (Wildman–Crippen LogP) is 2.70. The number of aliphatic hydroxyl groups is 1. The second-order valence-corrected chi connectivity index (χ2v) is 7.42. The largest absolute Gasteiger partial charge is 0.466 e. The molecule has 24 heavy (non-hydrogen) atoms. The van der Waals surface area contributed by atoms with Gasteiger partial charge in [-0.05, 0) is 46.5 Å². The van der Waals surface area contributed by atoms with Gasteiger partial charge in [0, 0.05) is 30.7 Å². The Kier molecular flexibility index (Phi) is 5.30. The van der Waals surface area contributed by atoms with E-state index in [0.717, 1.165) is 56.5 Å². The molecular formula is C19H30N2O3. The molecule has 1 amide bonds. The maximum Gasteiger partial charge on any atom is 0.255 e. The highest BCUT2D eigenvalue weighted by Crippen LogP contribution is 2.26. The van der Waals surface area contributed by atoms with Gasteiger partial charge in [-0.1, -0.05) is 12.8 Å². The summed E-state index contributed by atoms with van der Waals surface area (Å²) in [6.45, 7) is 7.59. The SMILES string of the molecule is Cc1oc(C)c(C(=O)NC2CCN(C3CCCCC3O)CC2)c1C. The summed E-state index contributed by atoms with van der Waals surface area (Å²) in [5.41, 5.74) is 1.63. The highest BCUT2D eigenvalue weighted by atomic mass is 16.3. The number of aryl methyl sites for hydroxylation is 2. The van der Waals surface area contributed by atoms with E-state index < -0.39 is 0 Å². The van der Waals surface area contributed by atoms with Crippen LogP contribution in [-0.2, 0) is 0 Å². The normalized spacial score (nSPS) is 26.5. The number of nitrogens with one attached hydrogen (secondary N) is 1. The van der Waals surface area contributed by atoms with E-state index in [4.69, 9.17) is 4.42 Å². The summed E-state index contributed by atoms with van der Waals surface area (Å²) < 4.78 is 5.57. The summed E-state index contributed by atoms with van der Waals surface area (Å²) in [6.07, 6.45) is 6.12. The molecule has 0 aromatic carbocycles. The molecule has 0 spiro atoms. The Hall–Kier alpha value is -1.33. The van der Waals surface area contributed by atoms with E-state index in [1.54, 1.807) is 0 Å². The maximum atomic E-state index is 12.6. The van der Waals surface area contributed by atoms with E-state index in [2.05, 4.69) is 10.2 Å². The molecule has 0 bridgehead atoms. The van der Waals surface area contributed by atoms with Crippen LogP contribution in [-0.4, -0.2) is 47.2 Å². The minimum absolute atomic E-state index is 0.0157. The number of piperidine rings is 1. The maximum absolute atomic E-state index is 12.6. The van der Waals surface area contributed by atoms with Crippen LogP contribution in [0.25, 0.3) is 0 Å². The number of amides is 1. The van der Waals surface area contributed by atoms with Crippen molar-refractivity contribution in [1.29, 1.82) is 0 Å². The zero-order chi connectivity index (χ0) is 17.3. The van der Waals surface area contributed by atoms with Crippen molar-refractivity contribution in [3.05, 3.63) is 22.6 Å². The topological polar surface area (TPSA) is 65.7 Å². The first kappa shape index (κ1) is 17.5. The highest BCUT2D eigenvalue weighted by molar-refractivity contribution is 5.97. The number of nitrogens with zero attached hydrogens (tertiary/aromatic N) is 1. The lowest BCUT2D eigenvalue weighted by atomic mass is 9.89. The summed E-state index contributed by atoms with van der Waals surface area (Å²) in [6, 6.07) is 0.528. The molecule has 2 N–H and O–H groups in total. The molecule has 3 rings (SSSR count). The number of likely N-dealkylation sites (tertiary alicyclic amines) is 1. The van der Waals surface area contributed by atoms with Crippen LogP contribution in [0.2, 0.25) is 0 Å².